The number of hydrogen-bond acceptors (Lipinski definition) is 5. The molecule has 2 heterocycles. The fourth-order valence-electron chi connectivity index (χ4n) is 4.44. The van der Waals surface area contributed by atoms with Gasteiger partial charge in [-0.05, 0) is 39.5 Å². The minimum Gasteiger partial charge on any atom is -0.468 e. The van der Waals surface area contributed by atoms with Crippen molar-refractivity contribution in [2.45, 2.75) is 50.7 Å². The highest BCUT2D eigenvalue weighted by Crippen LogP contribution is 2.59. The Morgan fingerprint density at radius 3 is 2.38 bits per heavy atom. The molecule has 0 N–H and O–H groups in total. The van der Waals surface area contributed by atoms with Gasteiger partial charge in [0.1, 0.15) is 0 Å². The first-order valence-electron chi connectivity index (χ1n) is 7.37. The van der Waals surface area contributed by atoms with E-state index in [4.69, 9.17) is 14.2 Å². The van der Waals surface area contributed by atoms with Gasteiger partial charge in [0.15, 0.2) is 5.41 Å². The first kappa shape index (κ1) is 14.6. The summed E-state index contributed by atoms with van der Waals surface area (Å²) < 4.78 is 16.0. The first-order chi connectivity index (χ1) is 9.78. The van der Waals surface area contributed by atoms with Crippen LogP contribution in [0.1, 0.15) is 39.5 Å². The van der Waals surface area contributed by atoms with Crippen molar-refractivity contribution < 1.29 is 23.8 Å². The third-order valence-electron chi connectivity index (χ3n) is 5.47. The van der Waals surface area contributed by atoms with Crippen molar-refractivity contribution in [2.75, 3.05) is 14.2 Å². The maximum absolute atomic E-state index is 12.3. The van der Waals surface area contributed by atoms with Gasteiger partial charge in [0.25, 0.3) is 0 Å². The highest BCUT2D eigenvalue weighted by Gasteiger charge is 2.63. The van der Waals surface area contributed by atoms with E-state index in [1.165, 1.54) is 14.2 Å². The molecule has 21 heavy (non-hydrogen) atoms. The Kier molecular flexibility index (Phi) is 3.00. The van der Waals surface area contributed by atoms with Crippen LogP contribution in [-0.2, 0) is 23.8 Å². The van der Waals surface area contributed by atoms with Crippen molar-refractivity contribution >= 4 is 11.9 Å². The summed E-state index contributed by atoms with van der Waals surface area (Å²) >= 11 is 0. The molecule has 2 aliphatic heterocycles. The summed E-state index contributed by atoms with van der Waals surface area (Å²) in [4.78, 5) is 24.6. The molecule has 0 radical (unpaired) electrons. The highest BCUT2D eigenvalue weighted by molar-refractivity contribution is 6.01. The van der Waals surface area contributed by atoms with E-state index >= 15 is 0 Å². The smallest absolute Gasteiger partial charge is 0.323 e. The molecule has 1 saturated heterocycles. The zero-order valence-corrected chi connectivity index (χ0v) is 13.0. The van der Waals surface area contributed by atoms with Crippen LogP contribution in [0.3, 0.4) is 0 Å². The van der Waals surface area contributed by atoms with E-state index < -0.39 is 17.4 Å². The third-order valence-corrected chi connectivity index (χ3v) is 5.47. The molecule has 5 nitrogen and oxygen atoms in total. The van der Waals surface area contributed by atoms with E-state index in [1.807, 2.05) is 0 Å². The second-order valence-corrected chi connectivity index (χ2v) is 6.95. The third kappa shape index (κ3) is 1.86. The predicted molar refractivity (Wildman–Crippen MR) is 74.4 cm³/mol. The number of carbonyl (C=O) groups is 2. The average molecular weight is 294 g/mol. The molecule has 2 fully saturated rings. The quantitative estimate of drug-likeness (QED) is 0.443. The van der Waals surface area contributed by atoms with Gasteiger partial charge in [0, 0.05) is 5.92 Å². The maximum Gasteiger partial charge on any atom is 0.323 e. The zero-order chi connectivity index (χ0) is 15.5. The van der Waals surface area contributed by atoms with E-state index in [-0.39, 0.29) is 17.1 Å². The Morgan fingerprint density at radius 1 is 1.19 bits per heavy atom. The van der Waals surface area contributed by atoms with Crippen molar-refractivity contribution in [3.63, 3.8) is 0 Å². The monoisotopic (exact) mass is 294 g/mol. The van der Waals surface area contributed by atoms with Gasteiger partial charge in [0.2, 0.25) is 0 Å². The summed E-state index contributed by atoms with van der Waals surface area (Å²) in [6.45, 7) is 4.15. The molecule has 3 atom stereocenters. The molecule has 5 heteroatoms. The molecule has 3 aliphatic rings. The Labute approximate surface area is 124 Å². The van der Waals surface area contributed by atoms with E-state index in [0.717, 1.165) is 18.4 Å². The second kappa shape index (κ2) is 4.32. The van der Waals surface area contributed by atoms with E-state index in [0.29, 0.717) is 12.8 Å². The van der Waals surface area contributed by atoms with Crippen LogP contribution in [0, 0.1) is 11.3 Å². The molecule has 1 saturated carbocycles. The van der Waals surface area contributed by atoms with Gasteiger partial charge in [-0.2, -0.15) is 0 Å². The second-order valence-electron chi connectivity index (χ2n) is 6.95. The lowest BCUT2D eigenvalue weighted by Gasteiger charge is -2.39. The van der Waals surface area contributed by atoms with Crippen LogP contribution in [0.25, 0.3) is 0 Å². The Hall–Kier alpha value is -1.36. The van der Waals surface area contributed by atoms with Crippen molar-refractivity contribution in [2.24, 2.45) is 11.3 Å². The number of hydrogen-bond donors (Lipinski definition) is 0. The molecule has 0 aromatic carbocycles. The molecule has 0 unspecified atom stereocenters. The normalized spacial score (nSPS) is 39.4. The van der Waals surface area contributed by atoms with Gasteiger partial charge in [-0.15, -0.1) is 0 Å². The Morgan fingerprint density at radius 2 is 1.81 bits per heavy atom. The number of ether oxygens (including phenoxy) is 3. The van der Waals surface area contributed by atoms with Gasteiger partial charge in [-0.3, -0.25) is 9.59 Å². The van der Waals surface area contributed by atoms with Crippen molar-refractivity contribution in [1.82, 2.24) is 0 Å². The molecular weight excluding hydrogens is 272 g/mol. The molecule has 0 aromatic rings. The first-order valence-corrected chi connectivity index (χ1v) is 7.37. The fourth-order valence-corrected chi connectivity index (χ4v) is 4.44. The molecule has 3 rings (SSSR count). The fraction of sp³-hybridized carbons (Fsp3) is 0.750. The number of carbonyl (C=O) groups excluding carboxylic acids is 2. The van der Waals surface area contributed by atoms with Gasteiger partial charge in [-0.1, -0.05) is 11.6 Å². The highest BCUT2D eigenvalue weighted by atomic mass is 16.5. The molecule has 0 aromatic heterocycles. The van der Waals surface area contributed by atoms with Crippen LogP contribution in [-0.4, -0.2) is 37.4 Å². The number of fused-ring (bicyclic) bond motifs is 4. The maximum atomic E-state index is 12.3. The summed E-state index contributed by atoms with van der Waals surface area (Å²) in [6, 6.07) is 0. The lowest BCUT2D eigenvalue weighted by atomic mass is 9.80. The minimum atomic E-state index is -1.22. The lowest BCUT2D eigenvalue weighted by molar-refractivity contribution is -0.169. The summed E-state index contributed by atoms with van der Waals surface area (Å²) in [5.41, 5.74) is -0.654. The van der Waals surface area contributed by atoms with E-state index in [1.54, 1.807) is 0 Å². The van der Waals surface area contributed by atoms with E-state index in [9.17, 15) is 9.59 Å². The average Bonchev–Trinajstić information content (AvgIpc) is 2.96. The SMILES string of the molecule is COC(=O)C1(C(=O)OC)CC2=C[C@]3(C)CC[C@@](C)(O3)[C@@H]2C1. The number of esters is 2. The molecule has 116 valence electrons. The molecule has 2 bridgehead atoms. The van der Waals surface area contributed by atoms with Crippen molar-refractivity contribution in [3.05, 3.63) is 11.6 Å². The lowest BCUT2D eigenvalue weighted by Crippen LogP contribution is -2.43. The summed E-state index contributed by atoms with van der Waals surface area (Å²) in [5, 5.41) is 0. The van der Waals surface area contributed by atoms with Gasteiger partial charge in [-0.25, -0.2) is 0 Å². The largest absolute Gasteiger partial charge is 0.468 e. The molecule has 1 aliphatic carbocycles. The van der Waals surface area contributed by atoms with Crippen LogP contribution in [0.15, 0.2) is 11.6 Å². The topological polar surface area (TPSA) is 61.8 Å². The van der Waals surface area contributed by atoms with Crippen LogP contribution in [0.2, 0.25) is 0 Å². The van der Waals surface area contributed by atoms with Gasteiger partial charge in [0.05, 0.1) is 25.4 Å². The van der Waals surface area contributed by atoms with Crippen LogP contribution >= 0.6 is 0 Å². The summed E-state index contributed by atoms with van der Waals surface area (Å²) in [7, 11) is 2.63. The summed E-state index contributed by atoms with van der Waals surface area (Å²) in [5.74, 6) is -0.935. The van der Waals surface area contributed by atoms with Crippen LogP contribution < -0.4 is 0 Å². The predicted octanol–water partition coefficient (Wildman–Crippen LogP) is 2.00. The zero-order valence-electron chi connectivity index (χ0n) is 13.0. The number of rotatable bonds is 2. The minimum absolute atomic E-state index is 0.0753. The standard InChI is InChI=1S/C16H22O5/c1-14-5-6-15(2,21-14)11-9-16(12(17)19-3,13(18)20-4)8-10(11)7-14/h7,11H,5-6,8-9H2,1-4H3/t11-,14+,15-/m1/s1. The van der Waals surface area contributed by atoms with Crippen molar-refractivity contribution in [3.8, 4) is 0 Å². The van der Waals surface area contributed by atoms with E-state index in [2.05, 4.69) is 19.9 Å². The molecule has 0 amide bonds. The Balaban J connectivity index is 2.04. The molecule has 0 spiro atoms. The number of methoxy groups -OCH3 is 2. The summed E-state index contributed by atoms with van der Waals surface area (Å²) in [6.07, 6.45) is 4.82. The van der Waals surface area contributed by atoms with Crippen LogP contribution in [0.4, 0.5) is 0 Å². The van der Waals surface area contributed by atoms with Gasteiger partial charge >= 0.3 is 11.9 Å². The Bertz CT molecular complexity index is 521. The van der Waals surface area contributed by atoms with Crippen LogP contribution in [0.5, 0.6) is 0 Å². The van der Waals surface area contributed by atoms with Crippen molar-refractivity contribution in [1.29, 1.82) is 0 Å². The molecular formula is C16H22O5. The van der Waals surface area contributed by atoms with Gasteiger partial charge < -0.3 is 14.2 Å².